The van der Waals surface area contributed by atoms with Crippen molar-refractivity contribution in [2.24, 2.45) is 5.73 Å². The highest BCUT2D eigenvalue weighted by molar-refractivity contribution is 5.85. The molecule has 7 heteroatoms. The molecule has 6 nitrogen and oxygen atoms in total. The molecule has 0 radical (unpaired) electrons. The molecule has 2 aromatic rings. The highest BCUT2D eigenvalue weighted by Crippen LogP contribution is 2.29. The van der Waals surface area contributed by atoms with Crippen LogP contribution >= 0.6 is 12.4 Å². The molecule has 0 bridgehead atoms. The number of benzene rings is 1. The van der Waals surface area contributed by atoms with Gasteiger partial charge in [-0.3, -0.25) is 4.79 Å². The second-order valence-electron chi connectivity index (χ2n) is 6.36. The molecule has 1 atom stereocenters. The van der Waals surface area contributed by atoms with E-state index in [4.69, 9.17) is 15.5 Å². The Balaban J connectivity index is 0.00000225. The number of carbonyl (C=O) groups is 1. The minimum absolute atomic E-state index is 0. The summed E-state index contributed by atoms with van der Waals surface area (Å²) in [6.07, 6.45) is 2.77. The van der Waals surface area contributed by atoms with E-state index in [1.54, 1.807) is 7.11 Å². The molecule has 1 fully saturated rings. The number of ether oxygens (including phenoxy) is 1. The predicted octanol–water partition coefficient (Wildman–Crippen LogP) is 2.16. The molecule has 1 saturated heterocycles. The fraction of sp³-hybridized carbons (Fsp3) is 0.556. The van der Waals surface area contributed by atoms with Crippen molar-refractivity contribution in [3.8, 4) is 0 Å². The van der Waals surface area contributed by atoms with E-state index in [-0.39, 0.29) is 24.9 Å². The lowest BCUT2D eigenvalue weighted by Crippen LogP contribution is -2.49. The van der Waals surface area contributed by atoms with Gasteiger partial charge in [0.2, 0.25) is 5.91 Å². The lowest BCUT2D eigenvalue weighted by atomic mass is 10.0. The second-order valence-corrected chi connectivity index (χ2v) is 6.36. The Kier molecular flexibility index (Phi) is 6.81. The molecule has 1 aliphatic heterocycles. The summed E-state index contributed by atoms with van der Waals surface area (Å²) in [5, 5.41) is 0. The van der Waals surface area contributed by atoms with Crippen LogP contribution in [0.1, 0.15) is 31.6 Å². The normalized spacial score (nSPS) is 16.7. The van der Waals surface area contributed by atoms with E-state index < -0.39 is 6.04 Å². The minimum Gasteiger partial charge on any atom is -0.383 e. The Morgan fingerprint density at radius 3 is 2.68 bits per heavy atom. The first-order chi connectivity index (χ1) is 11.7. The zero-order valence-corrected chi connectivity index (χ0v) is 15.7. The van der Waals surface area contributed by atoms with E-state index in [1.807, 2.05) is 11.0 Å². The Morgan fingerprint density at radius 1 is 1.36 bits per heavy atom. The largest absolute Gasteiger partial charge is 0.383 e. The Morgan fingerprint density at radius 2 is 2.04 bits per heavy atom. The second kappa shape index (κ2) is 8.65. The van der Waals surface area contributed by atoms with Gasteiger partial charge in [0, 0.05) is 32.7 Å². The van der Waals surface area contributed by atoms with Crippen molar-refractivity contribution in [1.82, 2.24) is 14.5 Å². The van der Waals surface area contributed by atoms with Gasteiger partial charge in [-0.05, 0) is 25.0 Å². The molecule has 2 N–H and O–H groups in total. The van der Waals surface area contributed by atoms with E-state index in [2.05, 4.69) is 29.7 Å². The van der Waals surface area contributed by atoms with Gasteiger partial charge in [0.1, 0.15) is 11.9 Å². The van der Waals surface area contributed by atoms with Crippen molar-refractivity contribution in [3.63, 3.8) is 0 Å². The van der Waals surface area contributed by atoms with Crippen LogP contribution in [0.4, 0.5) is 0 Å². The summed E-state index contributed by atoms with van der Waals surface area (Å²) in [6.45, 7) is 3.87. The highest BCUT2D eigenvalue weighted by Gasteiger charge is 2.28. The van der Waals surface area contributed by atoms with E-state index >= 15 is 0 Å². The summed E-state index contributed by atoms with van der Waals surface area (Å²) in [7, 11) is 1.57. The lowest BCUT2D eigenvalue weighted by molar-refractivity contribution is -0.135. The zero-order chi connectivity index (χ0) is 17.1. The van der Waals surface area contributed by atoms with E-state index in [9.17, 15) is 4.79 Å². The summed E-state index contributed by atoms with van der Waals surface area (Å²) in [5.74, 6) is 1.11. The Bertz CT molecular complexity index is 710. The molecule has 0 saturated carbocycles. The van der Waals surface area contributed by atoms with Crippen molar-refractivity contribution in [2.75, 3.05) is 26.8 Å². The Hall–Kier alpha value is -1.63. The van der Waals surface area contributed by atoms with Crippen LogP contribution in [0.3, 0.4) is 0 Å². The topological polar surface area (TPSA) is 73.4 Å². The average Bonchev–Trinajstić information content (AvgIpc) is 3.00. The number of hydrogen-bond acceptors (Lipinski definition) is 4. The first-order valence-corrected chi connectivity index (χ1v) is 8.64. The van der Waals surface area contributed by atoms with Crippen LogP contribution in [-0.2, 0) is 16.0 Å². The van der Waals surface area contributed by atoms with Crippen LogP contribution in [0.15, 0.2) is 24.3 Å². The van der Waals surface area contributed by atoms with Crippen LogP contribution < -0.4 is 5.73 Å². The molecule has 138 valence electrons. The van der Waals surface area contributed by atoms with Crippen molar-refractivity contribution in [3.05, 3.63) is 30.1 Å². The molecule has 1 aliphatic rings. The monoisotopic (exact) mass is 366 g/mol. The molecule has 1 unspecified atom stereocenters. The quantitative estimate of drug-likeness (QED) is 0.880. The van der Waals surface area contributed by atoms with E-state index in [0.29, 0.717) is 6.04 Å². The summed E-state index contributed by atoms with van der Waals surface area (Å²) >= 11 is 0. The number of aromatic nitrogens is 2. The lowest BCUT2D eigenvalue weighted by Gasteiger charge is -2.34. The summed E-state index contributed by atoms with van der Waals surface area (Å²) < 4.78 is 7.36. The van der Waals surface area contributed by atoms with Crippen LogP contribution in [-0.4, -0.2) is 53.2 Å². The highest BCUT2D eigenvalue weighted by atomic mass is 35.5. The van der Waals surface area contributed by atoms with Crippen LogP contribution in [0, 0.1) is 0 Å². The third-order valence-electron chi connectivity index (χ3n) is 4.79. The number of likely N-dealkylation sites (tertiary alicyclic amines) is 1. The van der Waals surface area contributed by atoms with Gasteiger partial charge >= 0.3 is 0 Å². The van der Waals surface area contributed by atoms with Crippen LogP contribution in [0.5, 0.6) is 0 Å². The number of carbonyl (C=O) groups excluding carboxylic acids is 1. The smallest absolute Gasteiger partial charge is 0.241 e. The molecule has 1 aromatic heterocycles. The molecule has 1 aromatic carbocycles. The number of nitrogens with two attached hydrogens (primary N) is 1. The molecular formula is C18H27ClN4O2. The number of nitrogens with zero attached hydrogens (tertiary/aromatic N) is 3. The number of aryl methyl sites for hydroxylation is 1. The number of amides is 1. The maximum Gasteiger partial charge on any atom is 0.241 e. The molecule has 0 spiro atoms. The summed E-state index contributed by atoms with van der Waals surface area (Å²) in [6, 6.07) is 8.10. The molecule has 25 heavy (non-hydrogen) atoms. The number of methoxy groups -OCH3 is 1. The average molecular weight is 367 g/mol. The van der Waals surface area contributed by atoms with Crippen molar-refractivity contribution in [1.29, 1.82) is 0 Å². The van der Waals surface area contributed by atoms with Gasteiger partial charge in [-0.15, -0.1) is 12.4 Å². The van der Waals surface area contributed by atoms with Crippen molar-refractivity contribution >= 4 is 29.3 Å². The first-order valence-electron chi connectivity index (χ1n) is 8.64. The van der Waals surface area contributed by atoms with Crippen molar-refractivity contribution < 1.29 is 9.53 Å². The third-order valence-corrected chi connectivity index (χ3v) is 4.79. The SMILES string of the molecule is CCc1nc2ccccc2n1C1CCN(C(=O)C(N)COC)CC1.Cl. The van der Waals surface area contributed by atoms with Gasteiger partial charge in [0.25, 0.3) is 0 Å². The van der Waals surface area contributed by atoms with Crippen LogP contribution in [0.25, 0.3) is 11.0 Å². The fourth-order valence-corrected chi connectivity index (χ4v) is 3.58. The van der Waals surface area contributed by atoms with Gasteiger partial charge in [-0.2, -0.15) is 0 Å². The zero-order valence-electron chi connectivity index (χ0n) is 14.9. The number of hydrogen-bond donors (Lipinski definition) is 1. The standard InChI is InChI=1S/C18H26N4O2.ClH/c1-3-17-20-15-6-4-5-7-16(15)22(17)13-8-10-21(11-9-13)18(23)14(19)12-24-2;/h4-7,13-14H,3,8-12,19H2,1-2H3;1H. The van der Waals surface area contributed by atoms with Gasteiger partial charge in [-0.1, -0.05) is 19.1 Å². The number of para-hydroxylation sites is 2. The maximum atomic E-state index is 12.3. The molecule has 0 aliphatic carbocycles. The van der Waals surface area contributed by atoms with Gasteiger partial charge < -0.3 is 19.9 Å². The number of fused-ring (bicyclic) bond motifs is 1. The van der Waals surface area contributed by atoms with E-state index in [0.717, 1.165) is 43.7 Å². The molecular weight excluding hydrogens is 340 g/mol. The molecule has 3 rings (SSSR count). The first kappa shape index (κ1) is 19.7. The van der Waals surface area contributed by atoms with Crippen LogP contribution in [0.2, 0.25) is 0 Å². The van der Waals surface area contributed by atoms with Gasteiger partial charge in [0.05, 0.1) is 17.6 Å². The molecule has 1 amide bonds. The van der Waals surface area contributed by atoms with Crippen molar-refractivity contribution in [2.45, 2.75) is 38.3 Å². The summed E-state index contributed by atoms with van der Waals surface area (Å²) in [4.78, 5) is 18.9. The minimum atomic E-state index is -0.563. The summed E-state index contributed by atoms with van der Waals surface area (Å²) in [5.41, 5.74) is 8.12. The number of halogens is 1. The number of imidazole rings is 1. The van der Waals surface area contributed by atoms with Gasteiger partial charge in [0.15, 0.2) is 0 Å². The molecule has 2 heterocycles. The third kappa shape index (κ3) is 3.97. The number of piperidine rings is 1. The maximum absolute atomic E-state index is 12.3. The number of rotatable bonds is 5. The Labute approximate surface area is 154 Å². The van der Waals surface area contributed by atoms with Gasteiger partial charge in [-0.25, -0.2) is 4.98 Å². The van der Waals surface area contributed by atoms with E-state index in [1.165, 1.54) is 5.52 Å². The fourth-order valence-electron chi connectivity index (χ4n) is 3.58. The predicted molar refractivity (Wildman–Crippen MR) is 101 cm³/mol.